The molecular weight excluding hydrogens is 256 g/mol. The van der Waals surface area contributed by atoms with Gasteiger partial charge in [-0.3, -0.25) is 4.79 Å². The van der Waals surface area contributed by atoms with E-state index in [0.717, 1.165) is 11.5 Å². The average Bonchev–Trinajstić information content (AvgIpc) is 2.85. The zero-order valence-corrected chi connectivity index (χ0v) is 11.6. The van der Waals surface area contributed by atoms with E-state index in [9.17, 15) is 4.79 Å². The van der Waals surface area contributed by atoms with Crippen LogP contribution in [0, 0.1) is 6.92 Å². The van der Waals surface area contributed by atoms with Gasteiger partial charge in [-0.15, -0.1) is 0 Å². The van der Waals surface area contributed by atoms with Gasteiger partial charge in [0.15, 0.2) is 6.10 Å². The molecule has 5 heteroatoms. The van der Waals surface area contributed by atoms with Crippen LogP contribution in [0.4, 0.5) is 0 Å². The van der Waals surface area contributed by atoms with Gasteiger partial charge in [0.05, 0.1) is 5.69 Å². The minimum atomic E-state index is -0.533. The van der Waals surface area contributed by atoms with Crippen LogP contribution in [0.3, 0.4) is 0 Å². The average molecular weight is 274 g/mol. The molecule has 0 aliphatic carbocycles. The molecule has 0 aliphatic heterocycles. The summed E-state index contributed by atoms with van der Waals surface area (Å²) in [6.07, 6.45) is 0.0823. The lowest BCUT2D eigenvalue weighted by Gasteiger charge is -2.14. The number of carbonyl (C=O) groups excluding carboxylic acids is 1. The maximum Gasteiger partial charge on any atom is 0.260 e. The lowest BCUT2D eigenvalue weighted by molar-refractivity contribution is -0.127. The lowest BCUT2D eigenvalue weighted by atomic mass is 10.3. The molecule has 1 aromatic carbocycles. The Labute approximate surface area is 117 Å². The first-order chi connectivity index (χ1) is 9.65. The van der Waals surface area contributed by atoms with Gasteiger partial charge in [-0.2, -0.15) is 0 Å². The van der Waals surface area contributed by atoms with Crippen LogP contribution in [0.2, 0.25) is 0 Å². The number of nitrogens with one attached hydrogen (secondary N) is 1. The van der Waals surface area contributed by atoms with Crippen molar-refractivity contribution in [2.45, 2.75) is 26.4 Å². The molecule has 5 nitrogen and oxygen atoms in total. The molecule has 106 valence electrons. The topological polar surface area (TPSA) is 64.4 Å². The van der Waals surface area contributed by atoms with Crippen LogP contribution >= 0.6 is 0 Å². The predicted molar refractivity (Wildman–Crippen MR) is 74.5 cm³/mol. The third kappa shape index (κ3) is 4.12. The molecule has 0 saturated carbocycles. The van der Waals surface area contributed by atoms with Crippen molar-refractivity contribution in [3.63, 3.8) is 0 Å². The van der Waals surface area contributed by atoms with E-state index in [1.165, 1.54) is 0 Å². The second kappa shape index (κ2) is 6.75. The van der Waals surface area contributed by atoms with Crippen molar-refractivity contribution >= 4 is 5.91 Å². The highest BCUT2D eigenvalue weighted by molar-refractivity contribution is 5.80. The van der Waals surface area contributed by atoms with Gasteiger partial charge in [0, 0.05) is 19.0 Å². The Morgan fingerprint density at radius 1 is 1.40 bits per heavy atom. The normalized spacial score (nSPS) is 11.9. The highest BCUT2D eigenvalue weighted by atomic mass is 16.5. The van der Waals surface area contributed by atoms with Crippen molar-refractivity contribution in [2.75, 3.05) is 6.54 Å². The van der Waals surface area contributed by atoms with Crippen molar-refractivity contribution in [1.29, 1.82) is 0 Å². The van der Waals surface area contributed by atoms with Crippen LogP contribution in [0.15, 0.2) is 40.9 Å². The van der Waals surface area contributed by atoms with Crippen molar-refractivity contribution in [3.8, 4) is 5.75 Å². The Morgan fingerprint density at radius 3 is 2.80 bits per heavy atom. The van der Waals surface area contributed by atoms with E-state index in [-0.39, 0.29) is 5.91 Å². The summed E-state index contributed by atoms with van der Waals surface area (Å²) < 4.78 is 10.6. The Balaban J connectivity index is 1.74. The SMILES string of the molecule is Cc1cc(CCNC(=O)[C@H](C)Oc2ccccc2)on1. The molecule has 1 heterocycles. The highest BCUT2D eigenvalue weighted by Crippen LogP contribution is 2.10. The quantitative estimate of drug-likeness (QED) is 0.876. The number of benzene rings is 1. The number of carbonyl (C=O) groups is 1. The summed E-state index contributed by atoms with van der Waals surface area (Å²) in [7, 11) is 0. The fourth-order valence-corrected chi connectivity index (χ4v) is 1.74. The van der Waals surface area contributed by atoms with Gasteiger partial charge in [-0.25, -0.2) is 0 Å². The van der Waals surface area contributed by atoms with E-state index in [1.54, 1.807) is 6.92 Å². The van der Waals surface area contributed by atoms with Gasteiger partial charge < -0.3 is 14.6 Å². The first kappa shape index (κ1) is 14.1. The number of para-hydroxylation sites is 1. The van der Waals surface area contributed by atoms with E-state index in [0.29, 0.717) is 18.7 Å². The monoisotopic (exact) mass is 274 g/mol. The minimum absolute atomic E-state index is 0.148. The molecule has 0 aliphatic rings. The van der Waals surface area contributed by atoms with E-state index in [2.05, 4.69) is 10.5 Å². The molecule has 0 unspecified atom stereocenters. The first-order valence-electron chi connectivity index (χ1n) is 6.57. The third-order valence-corrected chi connectivity index (χ3v) is 2.77. The molecule has 0 saturated heterocycles. The maximum absolute atomic E-state index is 11.9. The Hall–Kier alpha value is -2.30. The molecule has 0 radical (unpaired) electrons. The van der Waals surface area contributed by atoms with Crippen LogP contribution in [0.25, 0.3) is 0 Å². The number of ether oxygens (including phenoxy) is 1. The standard InChI is InChI=1S/C15H18N2O3/c1-11-10-14(20-17-11)8-9-16-15(18)12(2)19-13-6-4-3-5-7-13/h3-7,10,12H,8-9H2,1-2H3,(H,16,18)/t12-/m0/s1. The molecule has 20 heavy (non-hydrogen) atoms. The number of aryl methyl sites for hydroxylation is 1. The molecule has 1 aromatic heterocycles. The van der Waals surface area contributed by atoms with E-state index >= 15 is 0 Å². The van der Waals surface area contributed by atoms with Crippen molar-refractivity contribution < 1.29 is 14.1 Å². The van der Waals surface area contributed by atoms with Gasteiger partial charge in [-0.1, -0.05) is 23.4 Å². The highest BCUT2D eigenvalue weighted by Gasteiger charge is 2.14. The number of amides is 1. The number of hydrogen-bond donors (Lipinski definition) is 1. The Kier molecular flexibility index (Phi) is 4.76. The lowest BCUT2D eigenvalue weighted by Crippen LogP contribution is -2.37. The molecule has 0 fully saturated rings. The maximum atomic E-state index is 11.9. The van der Waals surface area contributed by atoms with E-state index in [4.69, 9.17) is 9.26 Å². The van der Waals surface area contributed by atoms with Gasteiger partial charge in [0.25, 0.3) is 5.91 Å². The summed E-state index contributed by atoms with van der Waals surface area (Å²) in [5.74, 6) is 1.30. The largest absolute Gasteiger partial charge is 0.481 e. The first-order valence-corrected chi connectivity index (χ1v) is 6.57. The fraction of sp³-hybridized carbons (Fsp3) is 0.333. The summed E-state index contributed by atoms with van der Waals surface area (Å²) in [6.45, 7) is 4.08. The molecule has 2 rings (SSSR count). The molecule has 1 atom stereocenters. The smallest absolute Gasteiger partial charge is 0.260 e. The molecule has 2 aromatic rings. The van der Waals surface area contributed by atoms with Gasteiger partial charge in [-0.05, 0) is 26.0 Å². The number of aromatic nitrogens is 1. The summed E-state index contributed by atoms with van der Waals surface area (Å²) >= 11 is 0. The molecule has 1 amide bonds. The van der Waals surface area contributed by atoms with Gasteiger partial charge in [0.1, 0.15) is 11.5 Å². The van der Waals surface area contributed by atoms with Crippen LogP contribution in [0.1, 0.15) is 18.4 Å². The minimum Gasteiger partial charge on any atom is -0.481 e. The van der Waals surface area contributed by atoms with Gasteiger partial charge in [0.2, 0.25) is 0 Å². The second-order valence-electron chi connectivity index (χ2n) is 4.55. The molecule has 0 spiro atoms. The fourth-order valence-electron chi connectivity index (χ4n) is 1.74. The third-order valence-electron chi connectivity index (χ3n) is 2.77. The number of nitrogens with zero attached hydrogens (tertiary/aromatic N) is 1. The molecule has 1 N–H and O–H groups in total. The van der Waals surface area contributed by atoms with E-state index < -0.39 is 6.10 Å². The number of rotatable bonds is 6. The predicted octanol–water partition coefficient (Wildman–Crippen LogP) is 2.11. The number of hydrogen-bond acceptors (Lipinski definition) is 4. The second-order valence-corrected chi connectivity index (χ2v) is 4.55. The van der Waals surface area contributed by atoms with Crippen molar-refractivity contribution in [1.82, 2.24) is 10.5 Å². The van der Waals surface area contributed by atoms with Crippen LogP contribution in [0.5, 0.6) is 5.75 Å². The van der Waals surface area contributed by atoms with Crippen molar-refractivity contribution in [3.05, 3.63) is 47.9 Å². The zero-order valence-electron chi connectivity index (χ0n) is 11.6. The van der Waals surface area contributed by atoms with Gasteiger partial charge >= 0.3 is 0 Å². The Bertz CT molecular complexity index is 551. The van der Waals surface area contributed by atoms with Crippen LogP contribution in [-0.2, 0) is 11.2 Å². The van der Waals surface area contributed by atoms with Crippen molar-refractivity contribution in [2.24, 2.45) is 0 Å². The van der Waals surface area contributed by atoms with Crippen LogP contribution in [-0.4, -0.2) is 23.7 Å². The molecule has 0 bridgehead atoms. The summed E-state index contributed by atoms with van der Waals surface area (Å²) in [5.41, 5.74) is 0.840. The van der Waals surface area contributed by atoms with Crippen LogP contribution < -0.4 is 10.1 Å². The summed E-state index contributed by atoms with van der Waals surface area (Å²) in [5, 5.41) is 6.60. The molecular formula is C15H18N2O3. The summed E-state index contributed by atoms with van der Waals surface area (Å²) in [4.78, 5) is 11.9. The zero-order chi connectivity index (χ0) is 14.4. The van der Waals surface area contributed by atoms with E-state index in [1.807, 2.05) is 43.3 Å². The Morgan fingerprint density at radius 2 is 2.15 bits per heavy atom. The summed E-state index contributed by atoms with van der Waals surface area (Å²) in [6, 6.07) is 11.1.